The van der Waals surface area contributed by atoms with E-state index in [2.05, 4.69) is 61.6 Å². The molecule has 2 heteroatoms. The van der Waals surface area contributed by atoms with E-state index in [0.29, 0.717) is 11.6 Å². The smallest absolute Gasteiger partial charge is 0.0991 e. The van der Waals surface area contributed by atoms with Crippen LogP contribution >= 0.6 is 0 Å². The fourth-order valence-electron chi connectivity index (χ4n) is 2.87. The zero-order valence-corrected chi connectivity index (χ0v) is 14.1. The number of hydrogen-bond donors (Lipinski definition) is 1. The summed E-state index contributed by atoms with van der Waals surface area (Å²) in [5.41, 5.74) is 3.19. The van der Waals surface area contributed by atoms with Crippen LogP contribution in [0, 0.1) is 11.3 Å². The zero-order chi connectivity index (χ0) is 16.5. The molecule has 0 saturated carbocycles. The lowest BCUT2D eigenvalue weighted by Crippen LogP contribution is -2.33. The van der Waals surface area contributed by atoms with Crippen LogP contribution < -0.4 is 5.32 Å². The SMILES string of the molecule is CCCCC(CC)NC(c1ccccc1)c1ccc(C#N)cc1. The van der Waals surface area contributed by atoms with Gasteiger partial charge in [0.15, 0.2) is 0 Å². The van der Waals surface area contributed by atoms with Gasteiger partial charge in [0.05, 0.1) is 17.7 Å². The predicted molar refractivity (Wildman–Crippen MR) is 96.2 cm³/mol. The first-order valence-electron chi connectivity index (χ1n) is 8.59. The molecule has 2 atom stereocenters. The molecule has 0 fully saturated rings. The number of benzene rings is 2. The molecule has 2 aromatic rings. The van der Waals surface area contributed by atoms with Gasteiger partial charge < -0.3 is 5.32 Å². The first kappa shape index (κ1) is 17.2. The molecule has 2 unspecified atom stereocenters. The van der Waals surface area contributed by atoms with E-state index in [1.807, 2.05) is 18.2 Å². The summed E-state index contributed by atoms with van der Waals surface area (Å²) < 4.78 is 0. The van der Waals surface area contributed by atoms with Gasteiger partial charge >= 0.3 is 0 Å². The number of nitrogens with one attached hydrogen (secondary N) is 1. The van der Waals surface area contributed by atoms with Gasteiger partial charge in [-0.05, 0) is 36.1 Å². The standard InChI is InChI=1S/C21H26N2/c1-3-5-11-20(4-2)23-21(18-9-7-6-8-10-18)19-14-12-17(16-22)13-15-19/h6-10,12-15,20-21,23H,3-5,11H2,1-2H3. The number of unbranched alkanes of at least 4 members (excludes halogenated alkanes) is 1. The minimum atomic E-state index is 0.172. The third kappa shape index (κ3) is 4.94. The minimum absolute atomic E-state index is 0.172. The Hall–Kier alpha value is -2.11. The first-order valence-corrected chi connectivity index (χ1v) is 8.59. The van der Waals surface area contributed by atoms with E-state index in [9.17, 15) is 0 Å². The molecule has 0 radical (unpaired) electrons. The molecule has 0 spiro atoms. The lowest BCUT2D eigenvalue weighted by molar-refractivity contribution is 0.422. The third-order valence-corrected chi connectivity index (χ3v) is 4.31. The van der Waals surface area contributed by atoms with E-state index >= 15 is 0 Å². The van der Waals surface area contributed by atoms with Crippen LogP contribution in [0.15, 0.2) is 54.6 Å². The van der Waals surface area contributed by atoms with Gasteiger partial charge in [-0.15, -0.1) is 0 Å². The molecule has 0 saturated heterocycles. The Morgan fingerprint density at radius 3 is 2.17 bits per heavy atom. The van der Waals surface area contributed by atoms with Crippen molar-refractivity contribution in [3.05, 3.63) is 71.3 Å². The predicted octanol–water partition coefficient (Wildman–Crippen LogP) is 5.21. The lowest BCUT2D eigenvalue weighted by Gasteiger charge is -2.26. The van der Waals surface area contributed by atoms with Gasteiger partial charge in [0.1, 0.15) is 0 Å². The van der Waals surface area contributed by atoms with Crippen molar-refractivity contribution in [3.8, 4) is 6.07 Å². The van der Waals surface area contributed by atoms with Crippen molar-refractivity contribution in [2.45, 2.75) is 51.6 Å². The second-order valence-corrected chi connectivity index (χ2v) is 5.99. The van der Waals surface area contributed by atoms with Crippen molar-refractivity contribution < 1.29 is 0 Å². The summed E-state index contributed by atoms with van der Waals surface area (Å²) in [6.07, 6.45) is 4.80. The summed E-state index contributed by atoms with van der Waals surface area (Å²) in [5, 5.41) is 12.8. The quantitative estimate of drug-likeness (QED) is 0.727. The molecule has 0 aliphatic carbocycles. The summed E-state index contributed by atoms with van der Waals surface area (Å²) in [5.74, 6) is 0. The maximum Gasteiger partial charge on any atom is 0.0991 e. The molecule has 2 aromatic carbocycles. The molecule has 2 nitrogen and oxygen atoms in total. The molecule has 2 rings (SSSR count). The Bertz CT molecular complexity index is 611. The fraction of sp³-hybridized carbons (Fsp3) is 0.381. The Kier molecular flexibility index (Phi) is 6.84. The van der Waals surface area contributed by atoms with Gasteiger partial charge in [0.25, 0.3) is 0 Å². The fourth-order valence-corrected chi connectivity index (χ4v) is 2.87. The Morgan fingerprint density at radius 2 is 1.61 bits per heavy atom. The van der Waals surface area contributed by atoms with Crippen LogP contribution in [0.5, 0.6) is 0 Å². The lowest BCUT2D eigenvalue weighted by atomic mass is 9.95. The second-order valence-electron chi connectivity index (χ2n) is 5.99. The highest BCUT2D eigenvalue weighted by Crippen LogP contribution is 2.24. The maximum atomic E-state index is 9.00. The minimum Gasteiger partial charge on any atom is -0.303 e. The molecule has 23 heavy (non-hydrogen) atoms. The summed E-state index contributed by atoms with van der Waals surface area (Å²) in [4.78, 5) is 0. The summed E-state index contributed by atoms with van der Waals surface area (Å²) in [6.45, 7) is 4.48. The molecule has 0 aliphatic rings. The number of rotatable bonds is 8. The van der Waals surface area contributed by atoms with Crippen LogP contribution in [0.4, 0.5) is 0 Å². The zero-order valence-electron chi connectivity index (χ0n) is 14.1. The van der Waals surface area contributed by atoms with E-state index in [0.717, 1.165) is 6.42 Å². The van der Waals surface area contributed by atoms with Crippen LogP contribution in [0.1, 0.15) is 62.3 Å². The molecule has 0 amide bonds. The molecule has 0 heterocycles. The van der Waals surface area contributed by atoms with E-state index in [1.54, 1.807) is 0 Å². The average Bonchev–Trinajstić information content (AvgIpc) is 2.63. The van der Waals surface area contributed by atoms with Gasteiger partial charge in [0.2, 0.25) is 0 Å². The Morgan fingerprint density at radius 1 is 0.957 bits per heavy atom. The van der Waals surface area contributed by atoms with Gasteiger partial charge in [-0.1, -0.05) is 69.2 Å². The molecule has 120 valence electrons. The highest BCUT2D eigenvalue weighted by Gasteiger charge is 2.17. The van der Waals surface area contributed by atoms with Crippen molar-refractivity contribution >= 4 is 0 Å². The normalized spacial score (nSPS) is 13.3. The summed E-state index contributed by atoms with van der Waals surface area (Å²) in [6, 6.07) is 21.4. The van der Waals surface area contributed by atoms with Gasteiger partial charge in [-0.2, -0.15) is 5.26 Å². The van der Waals surface area contributed by atoms with Crippen LogP contribution in [0.3, 0.4) is 0 Å². The third-order valence-electron chi connectivity index (χ3n) is 4.31. The van der Waals surface area contributed by atoms with Crippen molar-refractivity contribution in [1.29, 1.82) is 5.26 Å². The van der Waals surface area contributed by atoms with Gasteiger partial charge in [-0.3, -0.25) is 0 Å². The molecular weight excluding hydrogens is 280 g/mol. The van der Waals surface area contributed by atoms with Crippen LogP contribution in [-0.2, 0) is 0 Å². The van der Waals surface area contributed by atoms with Crippen molar-refractivity contribution in [2.75, 3.05) is 0 Å². The van der Waals surface area contributed by atoms with Crippen molar-refractivity contribution in [3.63, 3.8) is 0 Å². The highest BCUT2D eigenvalue weighted by molar-refractivity contribution is 5.37. The number of nitriles is 1. The Balaban J connectivity index is 2.26. The summed E-state index contributed by atoms with van der Waals surface area (Å²) >= 11 is 0. The first-order chi connectivity index (χ1) is 11.3. The topological polar surface area (TPSA) is 35.8 Å². The second kappa shape index (κ2) is 9.12. The molecule has 0 bridgehead atoms. The number of nitrogens with zero attached hydrogens (tertiary/aromatic N) is 1. The largest absolute Gasteiger partial charge is 0.303 e. The van der Waals surface area contributed by atoms with E-state index in [4.69, 9.17) is 5.26 Å². The molecule has 1 N–H and O–H groups in total. The molecule has 0 aromatic heterocycles. The molecule has 0 aliphatic heterocycles. The van der Waals surface area contributed by atoms with Crippen LogP contribution in [0.2, 0.25) is 0 Å². The highest BCUT2D eigenvalue weighted by atomic mass is 14.9. The van der Waals surface area contributed by atoms with E-state index in [1.165, 1.54) is 30.4 Å². The summed E-state index contributed by atoms with van der Waals surface area (Å²) in [7, 11) is 0. The Labute approximate surface area is 140 Å². The molecular formula is C21H26N2. The van der Waals surface area contributed by atoms with Crippen molar-refractivity contribution in [1.82, 2.24) is 5.32 Å². The van der Waals surface area contributed by atoms with E-state index in [-0.39, 0.29) is 6.04 Å². The van der Waals surface area contributed by atoms with Gasteiger partial charge in [0, 0.05) is 6.04 Å². The monoisotopic (exact) mass is 306 g/mol. The average molecular weight is 306 g/mol. The van der Waals surface area contributed by atoms with Crippen LogP contribution in [-0.4, -0.2) is 6.04 Å². The van der Waals surface area contributed by atoms with Crippen LogP contribution in [0.25, 0.3) is 0 Å². The maximum absolute atomic E-state index is 9.00. The van der Waals surface area contributed by atoms with E-state index < -0.39 is 0 Å². The number of hydrogen-bond acceptors (Lipinski definition) is 2. The van der Waals surface area contributed by atoms with Gasteiger partial charge in [-0.25, -0.2) is 0 Å². The van der Waals surface area contributed by atoms with Crippen molar-refractivity contribution in [2.24, 2.45) is 0 Å².